The Hall–Kier alpha value is 0.130. The largest absolute Gasteiger partial charge is 0.314 e. The molecule has 1 aliphatic heterocycles. The lowest BCUT2D eigenvalue weighted by Gasteiger charge is -2.43. The molecule has 2 fully saturated rings. The monoisotopic (exact) mass is 398 g/mol. The first-order valence-corrected chi connectivity index (χ1v) is 7.95. The summed E-state index contributed by atoms with van der Waals surface area (Å²) in [5, 5.41) is 3.41. The fraction of sp³-hybridized carbons (Fsp3) is 0.600. The molecule has 1 atom stereocenters. The molecule has 0 bridgehead atoms. The Bertz CT molecular complexity index is 451. The molecule has 1 aromatic rings. The van der Waals surface area contributed by atoms with Crippen LogP contribution in [0.15, 0.2) is 22.7 Å². The Labute approximate surface area is 146 Å². The van der Waals surface area contributed by atoms with E-state index in [9.17, 15) is 4.39 Å². The van der Waals surface area contributed by atoms with Crippen molar-refractivity contribution in [3.05, 3.63) is 34.1 Å². The van der Waals surface area contributed by atoms with Crippen molar-refractivity contribution in [2.45, 2.75) is 25.3 Å². The van der Waals surface area contributed by atoms with E-state index in [0.717, 1.165) is 32.1 Å². The third kappa shape index (κ3) is 4.32. The average molecular weight is 400 g/mol. The number of nitrogens with one attached hydrogen (secondary N) is 1. The van der Waals surface area contributed by atoms with Crippen LogP contribution < -0.4 is 5.32 Å². The number of benzene rings is 1. The van der Waals surface area contributed by atoms with Gasteiger partial charge in [-0.15, -0.1) is 24.8 Å². The van der Waals surface area contributed by atoms with Gasteiger partial charge in [0.05, 0.1) is 4.47 Å². The highest BCUT2D eigenvalue weighted by atomic mass is 79.9. The lowest BCUT2D eigenvalue weighted by atomic mass is 9.76. The van der Waals surface area contributed by atoms with E-state index in [-0.39, 0.29) is 30.6 Å². The average Bonchev–Trinajstić information content (AvgIpc) is 2.38. The van der Waals surface area contributed by atoms with Crippen molar-refractivity contribution in [2.24, 2.45) is 5.92 Å². The number of halogens is 4. The number of hydrogen-bond donors (Lipinski definition) is 1. The summed E-state index contributed by atoms with van der Waals surface area (Å²) in [6.07, 6.45) is 3.96. The second-order valence-corrected chi connectivity index (χ2v) is 6.45. The van der Waals surface area contributed by atoms with E-state index in [1.54, 1.807) is 6.07 Å². The first-order chi connectivity index (χ1) is 9.25. The normalized spacial score (nSPS) is 20.9. The molecule has 21 heavy (non-hydrogen) atoms. The van der Waals surface area contributed by atoms with Crippen LogP contribution in [0.2, 0.25) is 0 Å². The fourth-order valence-corrected chi connectivity index (χ4v) is 3.59. The van der Waals surface area contributed by atoms with Crippen molar-refractivity contribution in [3.63, 3.8) is 0 Å². The third-order valence-electron chi connectivity index (χ3n) is 4.43. The molecule has 2 aliphatic rings. The maximum absolute atomic E-state index is 13.4. The van der Waals surface area contributed by atoms with Crippen molar-refractivity contribution >= 4 is 40.7 Å². The molecule has 3 rings (SSSR count). The minimum absolute atomic E-state index is 0. The Kier molecular flexibility index (Phi) is 7.93. The van der Waals surface area contributed by atoms with E-state index in [0.29, 0.717) is 10.5 Å². The summed E-state index contributed by atoms with van der Waals surface area (Å²) in [6.45, 7) is 4.31. The molecule has 0 aromatic heterocycles. The molecule has 0 radical (unpaired) electrons. The minimum Gasteiger partial charge on any atom is -0.314 e. The molecule has 1 N–H and O–H groups in total. The first kappa shape index (κ1) is 19.2. The smallest absolute Gasteiger partial charge is 0.137 e. The second kappa shape index (κ2) is 8.68. The van der Waals surface area contributed by atoms with Gasteiger partial charge < -0.3 is 5.32 Å². The van der Waals surface area contributed by atoms with Crippen LogP contribution in [-0.4, -0.2) is 31.1 Å². The number of hydrogen-bond acceptors (Lipinski definition) is 2. The maximum atomic E-state index is 13.4. The molecular weight excluding hydrogens is 378 g/mol. The molecule has 1 heterocycles. The van der Waals surface area contributed by atoms with Gasteiger partial charge in [0.25, 0.3) is 0 Å². The molecule has 0 spiro atoms. The number of rotatable bonds is 3. The van der Waals surface area contributed by atoms with Crippen LogP contribution in [-0.2, 0) is 0 Å². The van der Waals surface area contributed by atoms with Gasteiger partial charge in [-0.1, -0.05) is 12.5 Å². The van der Waals surface area contributed by atoms with Crippen LogP contribution in [0.5, 0.6) is 0 Å². The molecule has 6 heteroatoms. The van der Waals surface area contributed by atoms with Crippen LogP contribution in [0.3, 0.4) is 0 Å². The molecule has 1 saturated carbocycles. The zero-order valence-electron chi connectivity index (χ0n) is 11.9. The van der Waals surface area contributed by atoms with Gasteiger partial charge in [-0.25, -0.2) is 4.39 Å². The standard InChI is InChI=1S/C15H20BrFN2.2ClH/c16-13-10-12(4-5-14(13)17)15(11-2-1-3-11)19-8-6-18-7-9-19;;/h4-5,10-11,15,18H,1-3,6-9H2;2*1H/t15-;;/m0../s1. The topological polar surface area (TPSA) is 15.3 Å². The summed E-state index contributed by atoms with van der Waals surface area (Å²) in [6, 6.07) is 5.99. The van der Waals surface area contributed by atoms with Crippen LogP contribution in [0, 0.1) is 11.7 Å². The van der Waals surface area contributed by atoms with E-state index in [1.807, 2.05) is 12.1 Å². The quantitative estimate of drug-likeness (QED) is 0.820. The minimum atomic E-state index is -0.170. The molecule has 1 saturated heterocycles. The SMILES string of the molecule is Cl.Cl.Fc1ccc([C@H](C2CCC2)N2CCNCC2)cc1Br. The van der Waals surface area contributed by atoms with Gasteiger partial charge >= 0.3 is 0 Å². The highest BCUT2D eigenvalue weighted by molar-refractivity contribution is 9.10. The summed E-state index contributed by atoms with van der Waals surface area (Å²) < 4.78 is 14.0. The van der Waals surface area contributed by atoms with Gasteiger partial charge in [0.2, 0.25) is 0 Å². The molecule has 1 aromatic carbocycles. The van der Waals surface area contributed by atoms with Crippen molar-refractivity contribution < 1.29 is 4.39 Å². The first-order valence-electron chi connectivity index (χ1n) is 7.15. The summed E-state index contributed by atoms with van der Waals surface area (Å²) in [5.74, 6) is 0.576. The number of nitrogens with zero attached hydrogens (tertiary/aromatic N) is 1. The van der Waals surface area contributed by atoms with E-state index >= 15 is 0 Å². The maximum Gasteiger partial charge on any atom is 0.137 e. The van der Waals surface area contributed by atoms with E-state index in [4.69, 9.17) is 0 Å². The zero-order chi connectivity index (χ0) is 13.2. The van der Waals surface area contributed by atoms with Crippen LogP contribution in [0.1, 0.15) is 30.9 Å². The van der Waals surface area contributed by atoms with Crippen molar-refractivity contribution in [1.82, 2.24) is 10.2 Å². The second-order valence-electron chi connectivity index (χ2n) is 5.60. The molecular formula is C15H22BrCl2FN2. The fourth-order valence-electron chi connectivity index (χ4n) is 3.19. The number of piperazine rings is 1. The summed E-state index contributed by atoms with van der Waals surface area (Å²) in [4.78, 5) is 2.57. The van der Waals surface area contributed by atoms with Gasteiger partial charge in [0.15, 0.2) is 0 Å². The zero-order valence-corrected chi connectivity index (χ0v) is 15.1. The predicted octanol–water partition coefficient (Wildman–Crippen LogP) is 4.18. The summed E-state index contributed by atoms with van der Waals surface area (Å²) >= 11 is 3.32. The third-order valence-corrected chi connectivity index (χ3v) is 5.03. The van der Waals surface area contributed by atoms with E-state index < -0.39 is 0 Å². The van der Waals surface area contributed by atoms with Gasteiger partial charge in [-0.3, -0.25) is 4.90 Å². The van der Waals surface area contributed by atoms with E-state index in [2.05, 4.69) is 26.1 Å². The molecule has 1 aliphatic carbocycles. The van der Waals surface area contributed by atoms with Crippen LogP contribution in [0.4, 0.5) is 4.39 Å². The van der Waals surface area contributed by atoms with Crippen molar-refractivity contribution in [2.75, 3.05) is 26.2 Å². The summed E-state index contributed by atoms with van der Waals surface area (Å²) in [5.41, 5.74) is 1.26. The van der Waals surface area contributed by atoms with Gasteiger partial charge in [0, 0.05) is 32.2 Å². The predicted molar refractivity (Wildman–Crippen MR) is 93.1 cm³/mol. The van der Waals surface area contributed by atoms with Crippen LogP contribution >= 0.6 is 40.7 Å². The van der Waals surface area contributed by atoms with Crippen molar-refractivity contribution in [3.8, 4) is 0 Å². The Morgan fingerprint density at radius 2 is 1.86 bits per heavy atom. The Morgan fingerprint density at radius 3 is 2.38 bits per heavy atom. The molecule has 120 valence electrons. The van der Waals surface area contributed by atoms with Gasteiger partial charge in [-0.05, 0) is 52.4 Å². The Balaban J connectivity index is 0.00000110. The van der Waals surface area contributed by atoms with Gasteiger partial charge in [-0.2, -0.15) is 0 Å². The molecule has 2 nitrogen and oxygen atoms in total. The Morgan fingerprint density at radius 1 is 1.19 bits per heavy atom. The van der Waals surface area contributed by atoms with Crippen molar-refractivity contribution in [1.29, 1.82) is 0 Å². The van der Waals surface area contributed by atoms with E-state index in [1.165, 1.54) is 24.8 Å². The molecule has 0 unspecified atom stereocenters. The highest BCUT2D eigenvalue weighted by Crippen LogP contribution is 2.42. The lowest BCUT2D eigenvalue weighted by molar-refractivity contribution is 0.0836. The lowest BCUT2D eigenvalue weighted by Crippen LogP contribution is -2.47. The molecule has 0 amide bonds. The van der Waals surface area contributed by atoms with Gasteiger partial charge in [0.1, 0.15) is 5.82 Å². The highest BCUT2D eigenvalue weighted by Gasteiger charge is 2.33. The van der Waals surface area contributed by atoms with Crippen LogP contribution in [0.25, 0.3) is 0 Å². The summed E-state index contributed by atoms with van der Waals surface area (Å²) in [7, 11) is 0.